The summed E-state index contributed by atoms with van der Waals surface area (Å²) in [7, 11) is 0. The molecular formula is C9H5N2O. The van der Waals surface area contributed by atoms with Crippen molar-refractivity contribution in [1.29, 1.82) is 0 Å². The molecule has 0 saturated carbocycles. The van der Waals surface area contributed by atoms with Crippen LogP contribution < -0.4 is 0 Å². The van der Waals surface area contributed by atoms with E-state index in [-0.39, 0.29) is 0 Å². The first-order valence-electron chi connectivity index (χ1n) is 3.49. The number of carbonyl (C=O) groups excluding carboxylic acids is 1. The van der Waals surface area contributed by atoms with E-state index in [1.807, 2.05) is 0 Å². The molecule has 0 saturated heterocycles. The van der Waals surface area contributed by atoms with E-state index >= 15 is 0 Å². The molecule has 2 rings (SSSR count). The Kier molecular flexibility index (Phi) is 1.55. The lowest BCUT2D eigenvalue weighted by Crippen LogP contribution is -1.87. The molecule has 1 radical (unpaired) electrons. The number of rotatable bonds is 1. The van der Waals surface area contributed by atoms with Crippen molar-refractivity contribution in [1.82, 2.24) is 9.97 Å². The minimum atomic E-state index is 0.328. The van der Waals surface area contributed by atoms with Gasteiger partial charge in [0.2, 0.25) is 0 Å². The highest BCUT2D eigenvalue weighted by molar-refractivity contribution is 5.82. The molecule has 12 heavy (non-hydrogen) atoms. The van der Waals surface area contributed by atoms with Crippen molar-refractivity contribution >= 4 is 17.2 Å². The number of fused-ring (bicyclic) bond motifs is 1. The first-order chi connectivity index (χ1) is 5.90. The third-order valence-corrected chi connectivity index (χ3v) is 1.59. The van der Waals surface area contributed by atoms with Crippen LogP contribution in [0.2, 0.25) is 0 Å². The maximum atomic E-state index is 10.2. The van der Waals surface area contributed by atoms with E-state index in [1.54, 1.807) is 36.9 Å². The topological polar surface area (TPSA) is 42.9 Å². The summed E-state index contributed by atoms with van der Waals surface area (Å²) in [5.41, 5.74) is 1.10. The predicted molar refractivity (Wildman–Crippen MR) is 44.3 cm³/mol. The lowest BCUT2D eigenvalue weighted by atomic mass is 10.2. The summed E-state index contributed by atoms with van der Waals surface area (Å²) in [5.74, 6) is 0. The summed E-state index contributed by atoms with van der Waals surface area (Å²) in [4.78, 5) is 18.2. The molecule has 57 valence electrons. The zero-order valence-electron chi connectivity index (χ0n) is 6.19. The summed E-state index contributed by atoms with van der Waals surface area (Å²) in [6, 6.07) is 5.18. The Morgan fingerprint density at radius 2 is 2.17 bits per heavy atom. The summed E-state index contributed by atoms with van der Waals surface area (Å²) in [6.07, 6.45) is 5.09. The van der Waals surface area contributed by atoms with Gasteiger partial charge in [-0.1, -0.05) is 0 Å². The lowest BCUT2D eigenvalue weighted by Gasteiger charge is -1.94. The molecule has 0 N–H and O–H groups in total. The van der Waals surface area contributed by atoms with Crippen LogP contribution in [0.4, 0.5) is 0 Å². The van der Waals surface area contributed by atoms with Crippen molar-refractivity contribution in [3.63, 3.8) is 0 Å². The molecule has 3 nitrogen and oxygen atoms in total. The monoisotopic (exact) mass is 157 g/mol. The van der Waals surface area contributed by atoms with Crippen molar-refractivity contribution in [3.8, 4) is 0 Å². The van der Waals surface area contributed by atoms with E-state index in [4.69, 9.17) is 0 Å². The molecule has 0 bridgehead atoms. The zero-order valence-corrected chi connectivity index (χ0v) is 6.19. The van der Waals surface area contributed by atoms with Crippen molar-refractivity contribution in [2.75, 3.05) is 0 Å². The Morgan fingerprint density at radius 1 is 1.25 bits per heavy atom. The molecule has 0 spiro atoms. The minimum Gasteiger partial charge on any atom is -0.283 e. The maximum absolute atomic E-state index is 10.2. The predicted octanol–water partition coefficient (Wildman–Crippen LogP) is 1.09. The van der Waals surface area contributed by atoms with Crippen LogP contribution in [0.15, 0.2) is 30.6 Å². The molecule has 0 aliphatic heterocycles. The molecule has 2 heterocycles. The molecular weight excluding hydrogens is 152 g/mol. The Hall–Kier alpha value is -1.77. The number of aromatic nitrogens is 2. The van der Waals surface area contributed by atoms with Gasteiger partial charge in [-0.3, -0.25) is 9.78 Å². The average molecular weight is 157 g/mol. The van der Waals surface area contributed by atoms with E-state index in [9.17, 15) is 4.79 Å². The van der Waals surface area contributed by atoms with E-state index < -0.39 is 0 Å². The fraction of sp³-hybridized carbons (Fsp3) is 0. The minimum absolute atomic E-state index is 0.328. The first-order valence-corrected chi connectivity index (χ1v) is 3.49. The lowest BCUT2D eigenvalue weighted by molar-refractivity contribution is 0.561. The summed E-state index contributed by atoms with van der Waals surface area (Å²) in [6.45, 7) is 0. The second-order valence-corrected chi connectivity index (χ2v) is 2.37. The van der Waals surface area contributed by atoms with Crippen LogP contribution in [0.1, 0.15) is 5.69 Å². The maximum Gasteiger partial charge on any atom is 0.253 e. The first kappa shape index (κ1) is 6.91. The second-order valence-electron chi connectivity index (χ2n) is 2.37. The van der Waals surface area contributed by atoms with Crippen molar-refractivity contribution in [3.05, 3.63) is 36.3 Å². The smallest absolute Gasteiger partial charge is 0.253 e. The van der Waals surface area contributed by atoms with Crippen molar-refractivity contribution in [2.24, 2.45) is 0 Å². The number of hydrogen-bond donors (Lipinski definition) is 0. The Morgan fingerprint density at radius 3 is 3.00 bits per heavy atom. The quantitative estimate of drug-likeness (QED) is 0.622. The Balaban J connectivity index is 2.75. The fourth-order valence-electron chi connectivity index (χ4n) is 1.02. The van der Waals surface area contributed by atoms with Gasteiger partial charge in [-0.05, 0) is 18.2 Å². The van der Waals surface area contributed by atoms with E-state index in [0.29, 0.717) is 5.69 Å². The van der Waals surface area contributed by atoms with Crippen LogP contribution in [0.5, 0.6) is 0 Å². The summed E-state index contributed by atoms with van der Waals surface area (Å²) >= 11 is 0. The molecule has 2 aromatic rings. The second kappa shape index (κ2) is 2.70. The van der Waals surface area contributed by atoms with Crippen molar-refractivity contribution < 1.29 is 4.79 Å². The third-order valence-electron chi connectivity index (χ3n) is 1.59. The van der Waals surface area contributed by atoms with Gasteiger partial charge in [0.15, 0.2) is 0 Å². The molecule has 2 aromatic heterocycles. The van der Waals surface area contributed by atoms with Gasteiger partial charge in [0.05, 0.1) is 5.52 Å². The highest BCUT2D eigenvalue weighted by Crippen LogP contribution is 2.08. The van der Waals surface area contributed by atoms with Gasteiger partial charge in [-0.2, -0.15) is 0 Å². The van der Waals surface area contributed by atoms with Gasteiger partial charge >= 0.3 is 0 Å². The van der Waals surface area contributed by atoms with Gasteiger partial charge < -0.3 is 0 Å². The van der Waals surface area contributed by atoms with Crippen LogP contribution in [0, 0.1) is 0 Å². The van der Waals surface area contributed by atoms with Crippen LogP contribution in [0.25, 0.3) is 10.9 Å². The standard InChI is InChI=1S/C9H5N2O/c12-6-8-2-1-7-5-10-4-3-9(7)11-8/h1-5H. The molecule has 0 aromatic carbocycles. The molecule has 0 aliphatic rings. The van der Waals surface area contributed by atoms with Gasteiger partial charge in [0, 0.05) is 17.8 Å². The highest BCUT2D eigenvalue weighted by Gasteiger charge is 1.95. The third kappa shape index (κ3) is 1.05. The number of pyridine rings is 2. The normalized spacial score (nSPS) is 10.0. The van der Waals surface area contributed by atoms with Gasteiger partial charge in [-0.25, -0.2) is 4.98 Å². The zero-order chi connectivity index (χ0) is 8.39. The Labute approximate surface area is 69.1 Å². The van der Waals surface area contributed by atoms with Crippen LogP contribution in [-0.4, -0.2) is 16.3 Å². The molecule has 0 unspecified atom stereocenters. The number of nitrogens with zero attached hydrogens (tertiary/aromatic N) is 2. The molecule has 0 aliphatic carbocycles. The van der Waals surface area contributed by atoms with Gasteiger partial charge in [-0.15, -0.1) is 0 Å². The van der Waals surface area contributed by atoms with Crippen LogP contribution in [-0.2, 0) is 4.79 Å². The average Bonchev–Trinajstić information content (AvgIpc) is 2.17. The van der Waals surface area contributed by atoms with E-state index in [0.717, 1.165) is 10.9 Å². The van der Waals surface area contributed by atoms with E-state index in [2.05, 4.69) is 9.97 Å². The number of hydrogen-bond acceptors (Lipinski definition) is 3. The van der Waals surface area contributed by atoms with Crippen LogP contribution in [0.3, 0.4) is 0 Å². The van der Waals surface area contributed by atoms with Gasteiger partial charge in [0.25, 0.3) is 6.29 Å². The molecule has 0 fully saturated rings. The SMILES string of the molecule is O=[C]c1ccc2cnccc2n1. The van der Waals surface area contributed by atoms with Crippen LogP contribution >= 0.6 is 0 Å². The summed E-state index contributed by atoms with van der Waals surface area (Å²) in [5, 5.41) is 0.927. The Bertz CT molecular complexity index is 426. The molecule has 3 heteroatoms. The van der Waals surface area contributed by atoms with E-state index in [1.165, 1.54) is 0 Å². The fourth-order valence-corrected chi connectivity index (χ4v) is 1.02. The van der Waals surface area contributed by atoms with Crippen molar-refractivity contribution in [2.45, 2.75) is 0 Å². The largest absolute Gasteiger partial charge is 0.283 e. The summed E-state index contributed by atoms with van der Waals surface area (Å²) < 4.78 is 0. The molecule has 0 atom stereocenters. The molecule has 0 amide bonds. The van der Waals surface area contributed by atoms with Gasteiger partial charge in [0.1, 0.15) is 5.69 Å². The highest BCUT2D eigenvalue weighted by atomic mass is 16.1.